The van der Waals surface area contributed by atoms with Gasteiger partial charge in [-0.1, -0.05) is 6.08 Å². The maximum Gasteiger partial charge on any atom is 0.142 e. The van der Waals surface area contributed by atoms with Crippen LogP contribution in [-0.4, -0.2) is 31.8 Å². The van der Waals surface area contributed by atoms with Gasteiger partial charge in [0, 0.05) is 6.54 Å². The minimum atomic E-state index is 0.801. The van der Waals surface area contributed by atoms with Gasteiger partial charge in [-0.25, -0.2) is 0 Å². The molecule has 0 rings (SSSR count). The molecule has 0 aliphatic carbocycles. The summed E-state index contributed by atoms with van der Waals surface area (Å²) in [5.74, 6) is 0. The molecule has 0 aliphatic rings. The molecule has 52 valence electrons. The van der Waals surface area contributed by atoms with Crippen LogP contribution in [0.2, 0.25) is 0 Å². The van der Waals surface area contributed by atoms with Gasteiger partial charge < -0.3 is 4.90 Å². The Morgan fingerprint density at radius 2 is 2.11 bits per heavy atom. The van der Waals surface area contributed by atoms with E-state index in [9.17, 15) is 4.79 Å². The van der Waals surface area contributed by atoms with Crippen LogP contribution >= 0.6 is 0 Å². The molecule has 0 aromatic rings. The van der Waals surface area contributed by atoms with Crippen molar-refractivity contribution < 1.29 is 4.79 Å². The molecule has 2 nitrogen and oxygen atoms in total. The van der Waals surface area contributed by atoms with Crippen LogP contribution in [0.5, 0.6) is 0 Å². The van der Waals surface area contributed by atoms with Crippen molar-refractivity contribution in [2.45, 2.75) is 6.42 Å². The Kier molecular flexibility index (Phi) is 5.12. The molecule has 0 unspecified atom stereocenters. The standard InChI is InChI=1S/C7H13NO/c1-8(2)6-4-3-5-7-9/h3,5,7H,4,6H2,1-2H3. The van der Waals surface area contributed by atoms with Crippen molar-refractivity contribution in [3.05, 3.63) is 12.2 Å². The van der Waals surface area contributed by atoms with Crippen LogP contribution in [0, 0.1) is 0 Å². The van der Waals surface area contributed by atoms with E-state index in [1.54, 1.807) is 0 Å². The average Bonchev–Trinajstić information content (AvgIpc) is 1.80. The normalized spacial score (nSPS) is 11.0. The Bertz CT molecular complexity index is 97.1. The van der Waals surface area contributed by atoms with Crippen LogP contribution in [0.4, 0.5) is 0 Å². The lowest BCUT2D eigenvalue weighted by molar-refractivity contribution is -0.104. The molecular formula is C7H13NO. The molecule has 0 bridgehead atoms. The van der Waals surface area contributed by atoms with Gasteiger partial charge >= 0.3 is 0 Å². The molecule has 2 heteroatoms. The number of allylic oxidation sites excluding steroid dienone is 1. The summed E-state index contributed by atoms with van der Waals surface area (Å²) in [7, 11) is 4.02. The minimum absolute atomic E-state index is 0.801. The highest BCUT2D eigenvalue weighted by Crippen LogP contribution is 1.83. The molecule has 0 radical (unpaired) electrons. The van der Waals surface area contributed by atoms with Crippen molar-refractivity contribution in [1.29, 1.82) is 0 Å². The first-order valence-electron chi connectivity index (χ1n) is 3.02. The predicted octanol–water partition coefficient (Wildman–Crippen LogP) is 0.693. The number of rotatable bonds is 4. The lowest BCUT2D eigenvalue weighted by Gasteiger charge is -2.04. The number of aldehydes is 1. The summed E-state index contributed by atoms with van der Waals surface area (Å²) in [5, 5.41) is 0. The van der Waals surface area contributed by atoms with Crippen LogP contribution < -0.4 is 0 Å². The molecular weight excluding hydrogens is 114 g/mol. The zero-order chi connectivity index (χ0) is 7.11. The highest BCUT2D eigenvalue weighted by molar-refractivity contribution is 5.64. The van der Waals surface area contributed by atoms with E-state index >= 15 is 0 Å². The monoisotopic (exact) mass is 127 g/mol. The molecule has 0 fully saturated rings. The van der Waals surface area contributed by atoms with Crippen LogP contribution in [0.15, 0.2) is 12.2 Å². The fraction of sp³-hybridized carbons (Fsp3) is 0.571. The Balaban J connectivity index is 3.08. The SMILES string of the molecule is CN(C)CCC=CC=O. The summed E-state index contributed by atoms with van der Waals surface area (Å²) >= 11 is 0. The lowest BCUT2D eigenvalue weighted by atomic mass is 10.4. The van der Waals surface area contributed by atoms with Gasteiger partial charge in [-0.2, -0.15) is 0 Å². The summed E-state index contributed by atoms with van der Waals surface area (Å²) in [6.07, 6.45) is 5.15. The zero-order valence-electron chi connectivity index (χ0n) is 6.00. The van der Waals surface area contributed by atoms with Crippen LogP contribution in [0.1, 0.15) is 6.42 Å². The molecule has 0 saturated heterocycles. The molecule has 9 heavy (non-hydrogen) atoms. The van der Waals surface area contributed by atoms with E-state index in [2.05, 4.69) is 4.90 Å². The topological polar surface area (TPSA) is 20.3 Å². The van der Waals surface area contributed by atoms with Gasteiger partial charge in [-0.05, 0) is 26.6 Å². The average molecular weight is 127 g/mol. The summed E-state index contributed by atoms with van der Waals surface area (Å²) in [6.45, 7) is 1.00. The number of carbonyl (C=O) groups excluding carboxylic acids is 1. The first-order chi connectivity index (χ1) is 4.27. The van der Waals surface area contributed by atoms with E-state index in [-0.39, 0.29) is 0 Å². The number of hydrogen-bond donors (Lipinski definition) is 0. The summed E-state index contributed by atoms with van der Waals surface area (Å²) in [5.41, 5.74) is 0. The lowest BCUT2D eigenvalue weighted by Crippen LogP contribution is -2.11. The van der Waals surface area contributed by atoms with E-state index in [0.717, 1.165) is 19.3 Å². The van der Waals surface area contributed by atoms with Gasteiger partial charge in [0.2, 0.25) is 0 Å². The van der Waals surface area contributed by atoms with Crippen molar-refractivity contribution in [2.75, 3.05) is 20.6 Å². The highest BCUT2D eigenvalue weighted by atomic mass is 16.1. The van der Waals surface area contributed by atoms with E-state index in [4.69, 9.17) is 0 Å². The molecule has 0 saturated carbocycles. The molecule has 0 spiro atoms. The molecule has 0 N–H and O–H groups in total. The van der Waals surface area contributed by atoms with Crippen molar-refractivity contribution in [2.24, 2.45) is 0 Å². The molecule has 0 aromatic heterocycles. The van der Waals surface area contributed by atoms with Crippen molar-refractivity contribution in [1.82, 2.24) is 4.90 Å². The second-order valence-corrected chi connectivity index (χ2v) is 2.16. The van der Waals surface area contributed by atoms with Crippen LogP contribution in [0.25, 0.3) is 0 Å². The van der Waals surface area contributed by atoms with Gasteiger partial charge in [0.25, 0.3) is 0 Å². The molecule has 0 amide bonds. The molecule has 0 atom stereocenters. The Hall–Kier alpha value is -0.630. The second-order valence-electron chi connectivity index (χ2n) is 2.16. The van der Waals surface area contributed by atoms with E-state index in [1.807, 2.05) is 20.2 Å². The molecule has 0 aromatic carbocycles. The van der Waals surface area contributed by atoms with Gasteiger partial charge in [-0.3, -0.25) is 4.79 Å². The predicted molar refractivity (Wildman–Crippen MR) is 38.4 cm³/mol. The van der Waals surface area contributed by atoms with Gasteiger partial charge in [0.05, 0.1) is 0 Å². The van der Waals surface area contributed by atoms with Gasteiger partial charge in [0.15, 0.2) is 0 Å². The number of carbonyl (C=O) groups is 1. The quantitative estimate of drug-likeness (QED) is 0.409. The van der Waals surface area contributed by atoms with Crippen molar-refractivity contribution in [3.63, 3.8) is 0 Å². The summed E-state index contributed by atoms with van der Waals surface area (Å²) in [4.78, 5) is 11.8. The molecule has 0 aliphatic heterocycles. The maximum absolute atomic E-state index is 9.75. The highest BCUT2D eigenvalue weighted by Gasteiger charge is 1.83. The Morgan fingerprint density at radius 1 is 1.44 bits per heavy atom. The third-order valence-electron chi connectivity index (χ3n) is 0.958. The zero-order valence-corrected chi connectivity index (χ0v) is 6.00. The van der Waals surface area contributed by atoms with Crippen molar-refractivity contribution >= 4 is 6.29 Å². The minimum Gasteiger partial charge on any atom is -0.309 e. The fourth-order valence-corrected chi connectivity index (χ4v) is 0.485. The third-order valence-corrected chi connectivity index (χ3v) is 0.958. The van der Waals surface area contributed by atoms with Crippen molar-refractivity contribution in [3.8, 4) is 0 Å². The number of hydrogen-bond acceptors (Lipinski definition) is 2. The van der Waals surface area contributed by atoms with Gasteiger partial charge in [-0.15, -0.1) is 0 Å². The summed E-state index contributed by atoms with van der Waals surface area (Å²) in [6, 6.07) is 0. The van der Waals surface area contributed by atoms with E-state index in [1.165, 1.54) is 6.08 Å². The Morgan fingerprint density at radius 3 is 2.56 bits per heavy atom. The van der Waals surface area contributed by atoms with E-state index < -0.39 is 0 Å². The first-order valence-corrected chi connectivity index (χ1v) is 3.02. The molecule has 0 heterocycles. The smallest absolute Gasteiger partial charge is 0.142 e. The fourth-order valence-electron chi connectivity index (χ4n) is 0.485. The van der Waals surface area contributed by atoms with E-state index in [0.29, 0.717) is 0 Å². The van der Waals surface area contributed by atoms with Crippen LogP contribution in [0.3, 0.4) is 0 Å². The number of nitrogens with zero attached hydrogens (tertiary/aromatic N) is 1. The maximum atomic E-state index is 9.75. The van der Waals surface area contributed by atoms with Crippen LogP contribution in [-0.2, 0) is 4.79 Å². The van der Waals surface area contributed by atoms with Gasteiger partial charge in [0.1, 0.15) is 6.29 Å². The summed E-state index contributed by atoms with van der Waals surface area (Å²) < 4.78 is 0. The third kappa shape index (κ3) is 7.37. The Labute approximate surface area is 56.2 Å². The largest absolute Gasteiger partial charge is 0.309 e. The first kappa shape index (κ1) is 8.37. The second kappa shape index (κ2) is 5.51.